The smallest absolute Gasteiger partial charge is 0.287 e. The molecule has 3 N–H and O–H groups in total. The van der Waals surface area contributed by atoms with Gasteiger partial charge in [0.25, 0.3) is 5.69 Å². The van der Waals surface area contributed by atoms with Gasteiger partial charge in [-0.1, -0.05) is 37.3 Å². The Labute approximate surface area is 157 Å². The number of likely N-dealkylation sites (tertiary alicyclic amines) is 1. The van der Waals surface area contributed by atoms with Crippen LogP contribution in [0.15, 0.2) is 48.7 Å². The minimum Gasteiger partial charge on any atom is -0.365 e. The van der Waals surface area contributed by atoms with E-state index in [9.17, 15) is 14.9 Å². The van der Waals surface area contributed by atoms with Crippen molar-refractivity contribution in [3.63, 3.8) is 0 Å². The van der Waals surface area contributed by atoms with Crippen LogP contribution in [0.5, 0.6) is 0 Å². The van der Waals surface area contributed by atoms with Crippen LogP contribution in [0.2, 0.25) is 0 Å². The first-order valence-electron chi connectivity index (χ1n) is 8.92. The summed E-state index contributed by atoms with van der Waals surface area (Å²) < 4.78 is 0. The van der Waals surface area contributed by atoms with Crippen LogP contribution in [0.1, 0.15) is 24.9 Å². The third-order valence-electron chi connectivity index (χ3n) is 4.92. The van der Waals surface area contributed by atoms with Gasteiger partial charge in [-0.3, -0.25) is 14.9 Å². The number of hydrogen-bond donors (Lipinski definition) is 2. The average molecular weight is 369 g/mol. The molecule has 1 aromatic heterocycles. The Kier molecular flexibility index (Phi) is 5.66. The molecule has 0 radical (unpaired) electrons. The maximum Gasteiger partial charge on any atom is 0.287 e. The van der Waals surface area contributed by atoms with E-state index in [0.717, 1.165) is 12.0 Å². The highest BCUT2D eigenvalue weighted by molar-refractivity contribution is 5.80. The van der Waals surface area contributed by atoms with Crippen LogP contribution in [0, 0.1) is 16.0 Å². The summed E-state index contributed by atoms with van der Waals surface area (Å²) in [5.41, 5.74) is 7.17. The van der Waals surface area contributed by atoms with Gasteiger partial charge >= 0.3 is 0 Å². The molecule has 1 fully saturated rings. The van der Waals surface area contributed by atoms with E-state index in [-0.39, 0.29) is 29.6 Å². The van der Waals surface area contributed by atoms with Crippen molar-refractivity contribution in [3.8, 4) is 0 Å². The van der Waals surface area contributed by atoms with Crippen molar-refractivity contribution < 1.29 is 9.72 Å². The van der Waals surface area contributed by atoms with E-state index < -0.39 is 4.92 Å². The highest BCUT2D eigenvalue weighted by atomic mass is 16.6. The van der Waals surface area contributed by atoms with Gasteiger partial charge in [0.2, 0.25) is 5.91 Å². The molecule has 1 aromatic carbocycles. The summed E-state index contributed by atoms with van der Waals surface area (Å²) in [5, 5.41) is 13.9. The zero-order chi connectivity index (χ0) is 19.4. The number of carbonyl (C=O) groups is 1. The Morgan fingerprint density at radius 2 is 2.07 bits per heavy atom. The van der Waals surface area contributed by atoms with Gasteiger partial charge in [-0.25, -0.2) is 4.98 Å². The molecule has 1 saturated heterocycles. The summed E-state index contributed by atoms with van der Waals surface area (Å²) in [5.74, 6) is 0.282. The van der Waals surface area contributed by atoms with Gasteiger partial charge in [0.15, 0.2) is 0 Å². The zero-order valence-electron chi connectivity index (χ0n) is 15.1. The normalized spacial score (nSPS) is 18.7. The minimum atomic E-state index is -0.482. The Morgan fingerprint density at radius 3 is 2.70 bits per heavy atom. The molecular formula is C19H23N5O3. The number of rotatable bonds is 6. The molecule has 0 bridgehead atoms. The van der Waals surface area contributed by atoms with Crippen molar-refractivity contribution >= 4 is 17.4 Å². The first kappa shape index (κ1) is 18.8. The van der Waals surface area contributed by atoms with Crippen molar-refractivity contribution in [1.82, 2.24) is 9.88 Å². The van der Waals surface area contributed by atoms with Gasteiger partial charge < -0.3 is 16.0 Å². The lowest BCUT2D eigenvalue weighted by Crippen LogP contribution is -2.39. The molecule has 27 heavy (non-hydrogen) atoms. The summed E-state index contributed by atoms with van der Waals surface area (Å²) in [7, 11) is 0. The summed E-state index contributed by atoms with van der Waals surface area (Å²) in [6.45, 7) is 3.07. The van der Waals surface area contributed by atoms with Crippen LogP contribution in [-0.2, 0) is 4.79 Å². The van der Waals surface area contributed by atoms with Crippen LogP contribution < -0.4 is 11.1 Å². The predicted molar refractivity (Wildman–Crippen MR) is 102 cm³/mol. The molecule has 2 aromatic rings. The number of benzene rings is 1. The third kappa shape index (κ3) is 4.40. The molecule has 3 rings (SSSR count). The van der Waals surface area contributed by atoms with E-state index in [2.05, 4.69) is 10.3 Å². The Hall–Kier alpha value is -3.00. The predicted octanol–water partition coefficient (Wildman–Crippen LogP) is 2.34. The van der Waals surface area contributed by atoms with E-state index in [1.807, 2.05) is 42.2 Å². The van der Waals surface area contributed by atoms with Crippen LogP contribution in [0.25, 0.3) is 0 Å². The molecular weight excluding hydrogens is 346 g/mol. The molecule has 1 aliphatic rings. The molecule has 142 valence electrons. The number of anilines is 1. The maximum absolute atomic E-state index is 12.8. The van der Waals surface area contributed by atoms with Crippen molar-refractivity contribution in [1.29, 1.82) is 0 Å². The van der Waals surface area contributed by atoms with Crippen molar-refractivity contribution in [2.75, 3.05) is 18.4 Å². The van der Waals surface area contributed by atoms with Gasteiger partial charge in [-0.2, -0.15) is 0 Å². The topological polar surface area (TPSA) is 114 Å². The van der Waals surface area contributed by atoms with Gasteiger partial charge in [-0.15, -0.1) is 0 Å². The lowest BCUT2D eigenvalue weighted by Gasteiger charge is -2.25. The molecule has 8 heteroatoms. The molecule has 0 aliphatic carbocycles. The lowest BCUT2D eigenvalue weighted by atomic mass is 9.94. The summed E-state index contributed by atoms with van der Waals surface area (Å²) in [6, 6.07) is 12.3. The number of carbonyl (C=O) groups excluding carboxylic acids is 1. The quantitative estimate of drug-likeness (QED) is 0.597. The van der Waals surface area contributed by atoms with Crippen LogP contribution in [0.4, 0.5) is 11.5 Å². The molecule has 2 heterocycles. The Bertz CT molecular complexity index is 797. The Morgan fingerprint density at radius 1 is 1.33 bits per heavy atom. The fourth-order valence-corrected chi connectivity index (χ4v) is 3.27. The molecule has 3 atom stereocenters. The summed E-state index contributed by atoms with van der Waals surface area (Å²) in [4.78, 5) is 28.9. The number of amides is 1. The lowest BCUT2D eigenvalue weighted by molar-refractivity contribution is -0.385. The van der Waals surface area contributed by atoms with Gasteiger partial charge in [0, 0.05) is 31.2 Å². The number of nitrogens with zero attached hydrogens (tertiary/aromatic N) is 3. The van der Waals surface area contributed by atoms with Gasteiger partial charge in [0.05, 0.1) is 10.8 Å². The van der Waals surface area contributed by atoms with Gasteiger partial charge in [-0.05, 0) is 18.1 Å². The van der Waals surface area contributed by atoms with Crippen LogP contribution in [0.3, 0.4) is 0 Å². The van der Waals surface area contributed by atoms with Crippen molar-refractivity contribution in [2.24, 2.45) is 11.7 Å². The average Bonchev–Trinajstić information content (AvgIpc) is 3.15. The van der Waals surface area contributed by atoms with Crippen LogP contribution in [-0.4, -0.2) is 39.8 Å². The first-order valence-corrected chi connectivity index (χ1v) is 8.92. The molecule has 8 nitrogen and oxygen atoms in total. The standard InChI is InChI=1S/C19H23N5O3/c1-13(18(20)14-5-3-2-4-6-14)19(25)23-10-9-15(12-23)22-17-8-7-16(11-21-17)24(26)27/h2-8,11,13,15,18H,9-10,12,20H2,1H3,(H,21,22). The first-order chi connectivity index (χ1) is 13.0. The molecule has 1 amide bonds. The number of pyridine rings is 1. The molecule has 0 saturated carbocycles. The largest absolute Gasteiger partial charge is 0.365 e. The number of nitrogens with two attached hydrogens (primary N) is 1. The number of hydrogen-bond acceptors (Lipinski definition) is 6. The second-order valence-corrected chi connectivity index (χ2v) is 6.80. The third-order valence-corrected chi connectivity index (χ3v) is 4.92. The van der Waals surface area contributed by atoms with Gasteiger partial charge in [0.1, 0.15) is 12.0 Å². The molecule has 3 unspecified atom stereocenters. The van der Waals surface area contributed by atoms with Crippen LogP contribution >= 0.6 is 0 Å². The fourth-order valence-electron chi connectivity index (χ4n) is 3.27. The highest BCUT2D eigenvalue weighted by Crippen LogP contribution is 2.24. The number of aromatic nitrogens is 1. The maximum atomic E-state index is 12.8. The monoisotopic (exact) mass is 369 g/mol. The fraction of sp³-hybridized carbons (Fsp3) is 0.368. The molecule has 0 spiro atoms. The number of nitro groups is 1. The van der Waals surface area contributed by atoms with E-state index in [4.69, 9.17) is 5.73 Å². The van der Waals surface area contributed by atoms with E-state index in [1.165, 1.54) is 12.3 Å². The minimum absolute atomic E-state index is 0.0345. The van der Waals surface area contributed by atoms with Crippen molar-refractivity contribution in [2.45, 2.75) is 25.4 Å². The second-order valence-electron chi connectivity index (χ2n) is 6.80. The van der Waals surface area contributed by atoms with Crippen molar-refractivity contribution in [3.05, 3.63) is 64.3 Å². The SMILES string of the molecule is CC(C(=O)N1CCC(Nc2ccc([N+](=O)[O-])cn2)C1)C(N)c1ccccc1. The second kappa shape index (κ2) is 8.13. The summed E-state index contributed by atoms with van der Waals surface area (Å²) in [6.07, 6.45) is 2.01. The zero-order valence-corrected chi connectivity index (χ0v) is 15.1. The van der Waals surface area contributed by atoms with E-state index in [1.54, 1.807) is 6.07 Å². The van der Waals surface area contributed by atoms with E-state index in [0.29, 0.717) is 18.9 Å². The summed E-state index contributed by atoms with van der Waals surface area (Å²) >= 11 is 0. The highest BCUT2D eigenvalue weighted by Gasteiger charge is 2.32. The number of nitrogens with one attached hydrogen (secondary N) is 1. The Balaban J connectivity index is 1.56. The molecule has 1 aliphatic heterocycles. The van der Waals surface area contributed by atoms with E-state index >= 15 is 0 Å².